The van der Waals surface area contributed by atoms with E-state index in [0.717, 1.165) is 11.1 Å². The lowest BCUT2D eigenvalue weighted by atomic mass is 9.59. The molecule has 3 rings (SSSR count). The smallest absolute Gasteiger partial charge is 0.329 e. The fourth-order valence-corrected chi connectivity index (χ4v) is 5.07. The van der Waals surface area contributed by atoms with E-state index in [4.69, 9.17) is 9.47 Å². The second kappa shape index (κ2) is 10.0. The van der Waals surface area contributed by atoms with Crippen molar-refractivity contribution in [1.29, 1.82) is 5.26 Å². The molecule has 7 heteroatoms. The van der Waals surface area contributed by atoms with E-state index in [-0.39, 0.29) is 10.8 Å². The number of hydrogen-bond acceptors (Lipinski definition) is 6. The Labute approximate surface area is 219 Å². The van der Waals surface area contributed by atoms with Gasteiger partial charge < -0.3 is 14.8 Å². The van der Waals surface area contributed by atoms with Gasteiger partial charge in [0.25, 0.3) is 0 Å². The number of esters is 2. The fourth-order valence-electron chi connectivity index (χ4n) is 5.07. The minimum absolute atomic E-state index is 0.115. The molecular weight excluding hydrogens is 468 g/mol. The van der Waals surface area contributed by atoms with Gasteiger partial charge in [-0.2, -0.15) is 5.26 Å². The Balaban J connectivity index is 2.30. The molecule has 1 saturated heterocycles. The number of rotatable bonds is 4. The Morgan fingerprint density at radius 3 is 1.68 bits per heavy atom. The van der Waals surface area contributed by atoms with Crippen molar-refractivity contribution in [2.75, 3.05) is 14.2 Å². The van der Waals surface area contributed by atoms with Crippen LogP contribution < -0.4 is 5.32 Å². The molecule has 0 aromatic heterocycles. The third-order valence-corrected chi connectivity index (χ3v) is 7.26. The second-order valence-electron chi connectivity index (χ2n) is 11.6. The molecule has 0 aliphatic carbocycles. The van der Waals surface area contributed by atoms with Crippen LogP contribution in [0.1, 0.15) is 75.8 Å². The predicted octanol–water partition coefficient (Wildman–Crippen LogP) is 4.71. The zero-order valence-corrected chi connectivity index (χ0v) is 22.8. The van der Waals surface area contributed by atoms with Crippen molar-refractivity contribution in [1.82, 2.24) is 5.32 Å². The van der Waals surface area contributed by atoms with Crippen molar-refractivity contribution in [3.63, 3.8) is 0 Å². The van der Waals surface area contributed by atoms with Crippen molar-refractivity contribution >= 4 is 17.8 Å². The molecule has 1 aliphatic heterocycles. The number of nitrogens with zero attached hydrogens (tertiary/aromatic N) is 1. The minimum atomic E-state index is -1.94. The summed E-state index contributed by atoms with van der Waals surface area (Å²) in [4.78, 5) is 40.0. The highest BCUT2D eigenvalue weighted by atomic mass is 16.5. The molecule has 1 aliphatic rings. The first-order valence-electron chi connectivity index (χ1n) is 12.3. The molecular formula is C30H36N2O5. The van der Waals surface area contributed by atoms with Crippen LogP contribution in [0.15, 0.2) is 48.5 Å². The number of amides is 1. The number of nitrogens with one attached hydrogen (secondary N) is 1. The van der Waals surface area contributed by atoms with Gasteiger partial charge in [-0.15, -0.1) is 0 Å². The normalized spacial score (nSPS) is 24.0. The third-order valence-electron chi connectivity index (χ3n) is 7.26. The molecule has 0 saturated carbocycles. The van der Waals surface area contributed by atoms with Crippen molar-refractivity contribution < 1.29 is 23.9 Å². The molecule has 0 bridgehead atoms. The van der Waals surface area contributed by atoms with Crippen LogP contribution in [0.3, 0.4) is 0 Å². The molecule has 1 N–H and O–H groups in total. The van der Waals surface area contributed by atoms with E-state index < -0.39 is 41.1 Å². The Morgan fingerprint density at radius 2 is 1.30 bits per heavy atom. The van der Waals surface area contributed by atoms with E-state index in [2.05, 4.69) is 52.9 Å². The fraction of sp³-hybridized carbons (Fsp3) is 0.467. The number of methoxy groups -OCH3 is 2. The zero-order valence-electron chi connectivity index (χ0n) is 22.8. The first kappa shape index (κ1) is 27.9. The van der Waals surface area contributed by atoms with E-state index in [0.29, 0.717) is 11.1 Å². The monoisotopic (exact) mass is 504 g/mol. The molecule has 4 unspecified atom stereocenters. The SMILES string of the molecule is COC(=O)C1C(=O)NC(c2ccc(C(C)(C)C)cc2)C(C#N)(C(=O)OC)C1c1ccc(C(C)(C)C)cc1. The molecule has 2 aromatic rings. The average Bonchev–Trinajstić information content (AvgIpc) is 2.86. The summed E-state index contributed by atoms with van der Waals surface area (Å²) in [6.07, 6.45) is 0. The lowest BCUT2D eigenvalue weighted by molar-refractivity contribution is -0.164. The molecule has 0 radical (unpaired) electrons. The van der Waals surface area contributed by atoms with Crippen LogP contribution in [0, 0.1) is 22.7 Å². The van der Waals surface area contributed by atoms with Crippen molar-refractivity contribution in [3.8, 4) is 6.07 Å². The summed E-state index contributed by atoms with van der Waals surface area (Å²) in [5.41, 5.74) is 0.955. The Bertz CT molecular complexity index is 1210. The van der Waals surface area contributed by atoms with Gasteiger partial charge in [-0.25, -0.2) is 0 Å². The topological polar surface area (TPSA) is 105 Å². The van der Waals surface area contributed by atoms with Gasteiger partial charge in [-0.1, -0.05) is 90.1 Å². The largest absolute Gasteiger partial charge is 0.468 e. The summed E-state index contributed by atoms with van der Waals surface area (Å²) in [7, 11) is 2.38. The first-order chi connectivity index (χ1) is 17.2. The highest BCUT2D eigenvalue weighted by Gasteiger charge is 2.64. The zero-order chi connectivity index (χ0) is 27.8. The van der Waals surface area contributed by atoms with Crippen LogP contribution in [-0.4, -0.2) is 32.1 Å². The maximum Gasteiger partial charge on any atom is 0.329 e. The number of ether oxygens (including phenoxy) is 2. The summed E-state index contributed by atoms with van der Waals surface area (Å²) in [5.74, 6) is -4.84. The summed E-state index contributed by atoms with van der Waals surface area (Å²) in [6.45, 7) is 12.4. The predicted molar refractivity (Wildman–Crippen MR) is 139 cm³/mol. The van der Waals surface area contributed by atoms with E-state index in [1.807, 2.05) is 24.3 Å². The summed E-state index contributed by atoms with van der Waals surface area (Å²) in [6, 6.07) is 15.9. The van der Waals surface area contributed by atoms with Crippen LogP contribution in [-0.2, 0) is 34.7 Å². The van der Waals surface area contributed by atoms with Crippen LogP contribution in [0.5, 0.6) is 0 Å². The molecule has 196 valence electrons. The van der Waals surface area contributed by atoms with Gasteiger partial charge in [0.1, 0.15) is 5.92 Å². The minimum Gasteiger partial charge on any atom is -0.468 e. The summed E-state index contributed by atoms with van der Waals surface area (Å²) in [5, 5.41) is 13.5. The lowest BCUT2D eigenvalue weighted by Crippen LogP contribution is -2.60. The Morgan fingerprint density at radius 1 is 0.838 bits per heavy atom. The van der Waals surface area contributed by atoms with Crippen molar-refractivity contribution in [2.24, 2.45) is 11.3 Å². The van der Waals surface area contributed by atoms with Crippen LogP contribution in [0.4, 0.5) is 0 Å². The van der Waals surface area contributed by atoms with Crippen molar-refractivity contribution in [2.45, 2.75) is 64.3 Å². The molecule has 1 fully saturated rings. The van der Waals surface area contributed by atoms with Gasteiger partial charge in [0, 0.05) is 5.92 Å². The van der Waals surface area contributed by atoms with Crippen LogP contribution in [0.25, 0.3) is 0 Å². The lowest BCUT2D eigenvalue weighted by Gasteiger charge is -2.46. The van der Waals surface area contributed by atoms with E-state index >= 15 is 0 Å². The highest BCUT2D eigenvalue weighted by molar-refractivity contribution is 6.02. The second-order valence-corrected chi connectivity index (χ2v) is 11.6. The maximum atomic E-state index is 13.6. The number of nitriles is 1. The molecule has 1 amide bonds. The van der Waals surface area contributed by atoms with E-state index in [1.54, 1.807) is 24.3 Å². The number of carbonyl (C=O) groups is 3. The molecule has 4 atom stereocenters. The standard InChI is InChI=1S/C30H36N2O5/c1-28(2,3)20-13-9-18(10-14-20)23-22(26(34)36-7)25(33)32-24(30(23,17-31)27(35)37-8)19-11-15-21(16-12-19)29(4,5)6/h9-16,22-24H,1-8H3,(H,32,33). The number of piperidine rings is 1. The molecule has 7 nitrogen and oxygen atoms in total. The first-order valence-corrected chi connectivity index (χ1v) is 12.3. The molecule has 1 heterocycles. The van der Waals surface area contributed by atoms with Crippen LogP contribution >= 0.6 is 0 Å². The van der Waals surface area contributed by atoms with Gasteiger partial charge in [-0.3, -0.25) is 14.4 Å². The quantitative estimate of drug-likeness (QED) is 0.478. The van der Waals surface area contributed by atoms with Gasteiger partial charge >= 0.3 is 11.9 Å². The number of hydrogen-bond donors (Lipinski definition) is 1. The van der Waals surface area contributed by atoms with E-state index in [9.17, 15) is 19.6 Å². The van der Waals surface area contributed by atoms with Crippen molar-refractivity contribution in [3.05, 3.63) is 70.8 Å². The Hall–Kier alpha value is -3.66. The molecule has 0 spiro atoms. The third kappa shape index (κ3) is 4.98. The Kier molecular flexibility index (Phi) is 7.55. The highest BCUT2D eigenvalue weighted by Crippen LogP contribution is 2.53. The number of carbonyl (C=O) groups excluding carboxylic acids is 3. The summed E-state index contributed by atoms with van der Waals surface area (Å²) < 4.78 is 10.1. The maximum absolute atomic E-state index is 13.6. The van der Waals surface area contributed by atoms with Gasteiger partial charge in [0.05, 0.1) is 26.3 Å². The van der Waals surface area contributed by atoms with Gasteiger partial charge in [0.15, 0.2) is 5.41 Å². The average molecular weight is 505 g/mol. The molecule has 37 heavy (non-hydrogen) atoms. The summed E-state index contributed by atoms with van der Waals surface area (Å²) >= 11 is 0. The van der Waals surface area contributed by atoms with E-state index in [1.165, 1.54) is 14.2 Å². The number of benzene rings is 2. The van der Waals surface area contributed by atoms with Gasteiger partial charge in [0.2, 0.25) is 5.91 Å². The molecule has 2 aromatic carbocycles. The van der Waals surface area contributed by atoms with Crippen LogP contribution in [0.2, 0.25) is 0 Å². The van der Waals surface area contributed by atoms with Gasteiger partial charge in [-0.05, 0) is 33.1 Å².